The molecule has 0 bridgehead atoms. The highest BCUT2D eigenvalue weighted by Crippen LogP contribution is 2.24. The van der Waals surface area contributed by atoms with Gasteiger partial charge in [-0.15, -0.1) is 11.8 Å². The van der Waals surface area contributed by atoms with Crippen LogP contribution in [-0.4, -0.2) is 18.5 Å². The Kier molecular flexibility index (Phi) is 7.31. The lowest BCUT2D eigenvalue weighted by Gasteiger charge is -2.11. The smallest absolute Gasteiger partial charge is 0.338 e. The summed E-state index contributed by atoms with van der Waals surface area (Å²) < 4.78 is 5.03. The van der Waals surface area contributed by atoms with Crippen LogP contribution in [-0.2, 0) is 10.5 Å². The minimum absolute atomic E-state index is 0.211. The van der Waals surface area contributed by atoms with E-state index in [9.17, 15) is 9.59 Å². The highest BCUT2D eigenvalue weighted by Gasteiger charge is 2.12. The van der Waals surface area contributed by atoms with E-state index in [1.54, 1.807) is 36.9 Å². The molecule has 30 heavy (non-hydrogen) atoms. The van der Waals surface area contributed by atoms with Crippen LogP contribution in [0.5, 0.6) is 0 Å². The zero-order valence-corrected chi connectivity index (χ0v) is 18.2. The second kappa shape index (κ2) is 10.1. The van der Waals surface area contributed by atoms with Crippen molar-refractivity contribution in [2.75, 3.05) is 11.9 Å². The van der Waals surface area contributed by atoms with E-state index in [1.165, 1.54) is 10.5 Å². The summed E-state index contributed by atoms with van der Waals surface area (Å²) >= 11 is 1.76. The van der Waals surface area contributed by atoms with Crippen molar-refractivity contribution < 1.29 is 14.3 Å². The highest BCUT2D eigenvalue weighted by atomic mass is 32.2. The fourth-order valence-electron chi connectivity index (χ4n) is 2.85. The molecule has 3 aromatic rings. The third kappa shape index (κ3) is 5.74. The minimum Gasteiger partial charge on any atom is -0.462 e. The van der Waals surface area contributed by atoms with Crippen molar-refractivity contribution in [2.24, 2.45) is 0 Å². The molecule has 1 N–H and O–H groups in total. The van der Waals surface area contributed by atoms with Crippen LogP contribution in [0, 0.1) is 13.8 Å². The lowest BCUT2D eigenvalue weighted by atomic mass is 10.1. The summed E-state index contributed by atoms with van der Waals surface area (Å²) in [7, 11) is 0. The molecular formula is C25H25NO3S. The second-order valence-corrected chi connectivity index (χ2v) is 8.05. The highest BCUT2D eigenvalue weighted by molar-refractivity contribution is 7.98. The Labute approximate surface area is 181 Å². The van der Waals surface area contributed by atoms with Gasteiger partial charge >= 0.3 is 5.97 Å². The fourth-order valence-corrected chi connectivity index (χ4v) is 3.70. The SMILES string of the molecule is CCOC(=O)c1ccc(C)c(NC(=O)c2ccc(CSc3ccc(C)cc3)cc2)c1. The maximum Gasteiger partial charge on any atom is 0.338 e. The van der Waals surface area contributed by atoms with Crippen molar-refractivity contribution >= 4 is 29.3 Å². The molecule has 0 aliphatic heterocycles. The Balaban J connectivity index is 1.64. The van der Waals surface area contributed by atoms with Crippen molar-refractivity contribution in [3.05, 3.63) is 94.5 Å². The largest absolute Gasteiger partial charge is 0.462 e. The van der Waals surface area contributed by atoms with Gasteiger partial charge in [-0.1, -0.05) is 35.9 Å². The average molecular weight is 420 g/mol. The molecule has 0 atom stereocenters. The number of ether oxygens (including phenoxy) is 1. The van der Waals surface area contributed by atoms with Crippen molar-refractivity contribution in [2.45, 2.75) is 31.4 Å². The van der Waals surface area contributed by atoms with E-state index >= 15 is 0 Å². The third-order valence-electron chi connectivity index (χ3n) is 4.64. The van der Waals surface area contributed by atoms with Gasteiger partial charge in [0, 0.05) is 21.9 Å². The van der Waals surface area contributed by atoms with Crippen LogP contribution in [0.3, 0.4) is 0 Å². The first-order chi connectivity index (χ1) is 14.5. The Morgan fingerprint density at radius 3 is 2.23 bits per heavy atom. The van der Waals surface area contributed by atoms with Gasteiger partial charge in [0.25, 0.3) is 5.91 Å². The number of amides is 1. The van der Waals surface area contributed by atoms with Crippen molar-refractivity contribution in [1.29, 1.82) is 0 Å². The van der Waals surface area contributed by atoms with Crippen LogP contribution in [0.1, 0.15) is 44.3 Å². The van der Waals surface area contributed by atoms with Crippen molar-refractivity contribution in [3.8, 4) is 0 Å². The molecule has 0 saturated carbocycles. The Bertz CT molecular complexity index is 1030. The predicted molar refractivity (Wildman–Crippen MR) is 122 cm³/mol. The summed E-state index contributed by atoms with van der Waals surface area (Å²) in [5, 5.41) is 2.89. The van der Waals surface area contributed by atoms with E-state index in [0.29, 0.717) is 23.4 Å². The zero-order chi connectivity index (χ0) is 21.5. The summed E-state index contributed by atoms with van der Waals surface area (Å²) in [5.41, 5.74) is 4.86. The van der Waals surface area contributed by atoms with Gasteiger partial charge in [-0.3, -0.25) is 4.79 Å². The fraction of sp³-hybridized carbons (Fsp3) is 0.200. The summed E-state index contributed by atoms with van der Waals surface area (Å²) in [6, 6.07) is 21.2. The first kappa shape index (κ1) is 21.7. The van der Waals surface area contributed by atoms with Gasteiger partial charge in [-0.05, 0) is 68.3 Å². The molecule has 0 aromatic heterocycles. The normalized spacial score (nSPS) is 10.5. The monoisotopic (exact) mass is 419 g/mol. The molecule has 1 amide bonds. The van der Waals surface area contributed by atoms with Gasteiger partial charge in [-0.2, -0.15) is 0 Å². The second-order valence-electron chi connectivity index (χ2n) is 7.00. The van der Waals surface area contributed by atoms with E-state index in [2.05, 4.69) is 36.5 Å². The maximum absolute atomic E-state index is 12.7. The zero-order valence-electron chi connectivity index (χ0n) is 17.4. The molecule has 0 radical (unpaired) electrons. The van der Waals surface area contributed by atoms with Gasteiger partial charge in [0.1, 0.15) is 0 Å². The van der Waals surface area contributed by atoms with E-state index in [1.807, 2.05) is 31.2 Å². The van der Waals surface area contributed by atoms with Gasteiger partial charge in [-0.25, -0.2) is 4.79 Å². The molecule has 154 valence electrons. The van der Waals surface area contributed by atoms with E-state index in [4.69, 9.17) is 4.74 Å². The van der Waals surface area contributed by atoms with Crippen molar-refractivity contribution in [1.82, 2.24) is 0 Å². The van der Waals surface area contributed by atoms with Crippen LogP contribution in [0.4, 0.5) is 5.69 Å². The molecule has 4 nitrogen and oxygen atoms in total. The molecule has 0 unspecified atom stereocenters. The number of aryl methyl sites for hydroxylation is 2. The van der Waals surface area contributed by atoms with E-state index < -0.39 is 5.97 Å². The Hall–Kier alpha value is -3.05. The molecule has 3 rings (SSSR count). The van der Waals surface area contributed by atoms with E-state index in [-0.39, 0.29) is 5.91 Å². The molecule has 0 heterocycles. The summed E-state index contributed by atoms with van der Waals surface area (Å²) in [4.78, 5) is 25.8. The Morgan fingerprint density at radius 1 is 0.900 bits per heavy atom. The topological polar surface area (TPSA) is 55.4 Å². The number of carbonyl (C=O) groups excluding carboxylic acids is 2. The molecule has 0 spiro atoms. The standard InChI is InChI=1S/C25H25NO3S/c1-4-29-25(28)21-10-7-18(3)23(15-21)26-24(27)20-11-8-19(9-12-20)16-30-22-13-5-17(2)6-14-22/h5-15H,4,16H2,1-3H3,(H,26,27). The molecule has 3 aromatic carbocycles. The maximum atomic E-state index is 12.7. The average Bonchev–Trinajstić information content (AvgIpc) is 2.75. The quantitative estimate of drug-likeness (QED) is 0.375. The van der Waals surface area contributed by atoms with Crippen LogP contribution in [0.25, 0.3) is 0 Å². The summed E-state index contributed by atoms with van der Waals surface area (Å²) in [6.07, 6.45) is 0. The summed E-state index contributed by atoms with van der Waals surface area (Å²) in [6.45, 7) is 6.03. The summed E-state index contributed by atoms with van der Waals surface area (Å²) in [5.74, 6) is 0.228. The lowest BCUT2D eigenvalue weighted by Crippen LogP contribution is -2.14. The van der Waals surface area contributed by atoms with E-state index in [0.717, 1.165) is 16.9 Å². The number of thioether (sulfide) groups is 1. The first-order valence-corrected chi connectivity index (χ1v) is 10.8. The first-order valence-electron chi connectivity index (χ1n) is 9.84. The molecule has 0 saturated heterocycles. The molecule has 0 fully saturated rings. The number of anilines is 1. The van der Waals surface area contributed by atoms with Crippen molar-refractivity contribution in [3.63, 3.8) is 0 Å². The van der Waals surface area contributed by atoms with Gasteiger partial charge < -0.3 is 10.1 Å². The third-order valence-corrected chi connectivity index (χ3v) is 5.72. The number of esters is 1. The van der Waals surface area contributed by atoms with Crippen LogP contribution >= 0.6 is 11.8 Å². The number of hydrogen-bond acceptors (Lipinski definition) is 4. The molecule has 0 aliphatic carbocycles. The van der Waals surface area contributed by atoms with Gasteiger partial charge in [0.15, 0.2) is 0 Å². The number of benzene rings is 3. The molecule has 5 heteroatoms. The number of nitrogens with one attached hydrogen (secondary N) is 1. The molecule has 0 aliphatic rings. The minimum atomic E-state index is -0.400. The molecular weight excluding hydrogens is 394 g/mol. The number of rotatable bonds is 7. The predicted octanol–water partition coefficient (Wildman–Crippen LogP) is 6.02. The van der Waals surface area contributed by atoms with Crippen LogP contribution < -0.4 is 5.32 Å². The van der Waals surface area contributed by atoms with Crippen LogP contribution in [0.2, 0.25) is 0 Å². The lowest BCUT2D eigenvalue weighted by molar-refractivity contribution is 0.0526. The van der Waals surface area contributed by atoms with Gasteiger partial charge in [0.2, 0.25) is 0 Å². The number of hydrogen-bond donors (Lipinski definition) is 1. The number of carbonyl (C=O) groups is 2. The van der Waals surface area contributed by atoms with Gasteiger partial charge in [0.05, 0.1) is 12.2 Å². The van der Waals surface area contributed by atoms with Crippen LogP contribution in [0.15, 0.2) is 71.6 Å². The Morgan fingerprint density at radius 2 is 1.57 bits per heavy atom.